The number of rotatable bonds is 2. The van der Waals surface area contributed by atoms with E-state index in [0.29, 0.717) is 27.8 Å². The number of hydrogen-bond acceptors (Lipinski definition) is 3. The molecule has 1 N–H and O–H groups in total. The van der Waals surface area contributed by atoms with E-state index in [0.717, 1.165) is 4.47 Å². The number of fused-ring (bicyclic) bond motifs is 1. The van der Waals surface area contributed by atoms with E-state index in [2.05, 4.69) is 21.2 Å². The first-order valence-electron chi connectivity index (χ1n) is 5.79. The van der Waals surface area contributed by atoms with Crippen LogP contribution in [0.1, 0.15) is 10.4 Å². The van der Waals surface area contributed by atoms with Crippen LogP contribution < -0.4 is 14.8 Å². The van der Waals surface area contributed by atoms with Gasteiger partial charge in [-0.2, -0.15) is 0 Å². The Kier molecular flexibility index (Phi) is 3.54. The van der Waals surface area contributed by atoms with Gasteiger partial charge in [0, 0.05) is 10.0 Å². The van der Waals surface area contributed by atoms with Crippen molar-refractivity contribution in [3.8, 4) is 11.5 Å². The molecule has 1 heterocycles. The average Bonchev–Trinajstić information content (AvgIpc) is 2.89. The lowest BCUT2D eigenvalue weighted by Gasteiger charge is -2.08. The number of benzene rings is 2. The van der Waals surface area contributed by atoms with E-state index < -0.39 is 0 Å². The van der Waals surface area contributed by atoms with Crippen LogP contribution in [0.25, 0.3) is 0 Å². The van der Waals surface area contributed by atoms with Crippen LogP contribution in [0, 0.1) is 0 Å². The first-order valence-corrected chi connectivity index (χ1v) is 6.96. The molecule has 3 rings (SSSR count). The van der Waals surface area contributed by atoms with Crippen molar-refractivity contribution in [2.24, 2.45) is 0 Å². The molecule has 102 valence electrons. The maximum Gasteiger partial charge on any atom is 0.255 e. The fourth-order valence-corrected chi connectivity index (χ4v) is 2.54. The fraction of sp³-hybridized carbons (Fsp3) is 0.0714. The Balaban J connectivity index is 1.82. The third-order valence-corrected chi connectivity index (χ3v) is 3.62. The van der Waals surface area contributed by atoms with Gasteiger partial charge in [-0.05, 0) is 36.4 Å². The van der Waals surface area contributed by atoms with Gasteiger partial charge in [0.05, 0.1) is 10.7 Å². The lowest BCUT2D eigenvalue weighted by molar-refractivity contribution is 0.102. The number of carbonyl (C=O) groups is 1. The zero-order valence-corrected chi connectivity index (χ0v) is 12.5. The number of anilines is 1. The zero-order chi connectivity index (χ0) is 14.1. The average molecular weight is 355 g/mol. The lowest BCUT2D eigenvalue weighted by atomic mass is 10.2. The maximum atomic E-state index is 12.2. The number of carbonyl (C=O) groups excluding carboxylic acids is 1. The molecule has 1 aliphatic heterocycles. The fourth-order valence-electron chi connectivity index (χ4n) is 1.82. The molecule has 2 aromatic rings. The molecule has 0 bridgehead atoms. The summed E-state index contributed by atoms with van der Waals surface area (Å²) in [4.78, 5) is 12.2. The highest BCUT2D eigenvalue weighted by atomic mass is 79.9. The number of ether oxygens (including phenoxy) is 2. The molecule has 0 aromatic heterocycles. The van der Waals surface area contributed by atoms with E-state index >= 15 is 0 Å². The molecule has 0 aliphatic carbocycles. The molecule has 0 spiro atoms. The van der Waals surface area contributed by atoms with Crippen molar-refractivity contribution in [3.05, 3.63) is 51.5 Å². The smallest absolute Gasteiger partial charge is 0.255 e. The Hall–Kier alpha value is -1.72. The first kappa shape index (κ1) is 13.3. The van der Waals surface area contributed by atoms with E-state index in [1.807, 2.05) is 0 Å². The number of halogens is 2. The van der Waals surface area contributed by atoms with Crippen LogP contribution >= 0.6 is 27.5 Å². The SMILES string of the molecule is O=C(Nc1ccc(Br)cc1Cl)c1ccc2c(c1)OCO2. The molecule has 0 radical (unpaired) electrons. The van der Waals surface area contributed by atoms with Gasteiger partial charge in [-0.25, -0.2) is 0 Å². The molecular weight excluding hydrogens is 346 g/mol. The van der Waals surface area contributed by atoms with Crippen LogP contribution in [0.5, 0.6) is 11.5 Å². The van der Waals surface area contributed by atoms with E-state index in [4.69, 9.17) is 21.1 Å². The standard InChI is InChI=1S/C14H9BrClNO3/c15-9-2-3-11(10(16)6-9)17-14(18)8-1-4-12-13(5-8)20-7-19-12/h1-6H,7H2,(H,17,18). The molecule has 20 heavy (non-hydrogen) atoms. The monoisotopic (exact) mass is 353 g/mol. The third-order valence-electron chi connectivity index (χ3n) is 2.81. The van der Waals surface area contributed by atoms with Crippen molar-refractivity contribution in [2.45, 2.75) is 0 Å². The van der Waals surface area contributed by atoms with E-state index in [1.54, 1.807) is 36.4 Å². The summed E-state index contributed by atoms with van der Waals surface area (Å²) in [5.41, 5.74) is 1.03. The molecule has 1 aliphatic rings. The molecule has 0 unspecified atom stereocenters. The van der Waals surface area contributed by atoms with Crippen LogP contribution in [-0.2, 0) is 0 Å². The predicted molar refractivity (Wildman–Crippen MR) is 79.7 cm³/mol. The molecule has 0 atom stereocenters. The molecule has 1 amide bonds. The predicted octanol–water partition coefficient (Wildman–Crippen LogP) is 4.08. The topological polar surface area (TPSA) is 47.6 Å². The van der Waals surface area contributed by atoms with Crippen molar-refractivity contribution >= 4 is 39.1 Å². The highest BCUT2D eigenvalue weighted by Gasteiger charge is 2.16. The Morgan fingerprint density at radius 3 is 2.75 bits per heavy atom. The molecule has 0 fully saturated rings. The Labute approximate surface area is 128 Å². The lowest BCUT2D eigenvalue weighted by Crippen LogP contribution is -2.12. The van der Waals surface area contributed by atoms with Crippen LogP contribution in [0.15, 0.2) is 40.9 Å². The normalized spacial score (nSPS) is 12.3. The highest BCUT2D eigenvalue weighted by Crippen LogP contribution is 2.33. The highest BCUT2D eigenvalue weighted by molar-refractivity contribution is 9.10. The van der Waals surface area contributed by atoms with Gasteiger partial charge in [-0.1, -0.05) is 27.5 Å². The summed E-state index contributed by atoms with van der Waals surface area (Å²) in [7, 11) is 0. The van der Waals surface area contributed by atoms with Gasteiger partial charge in [0.2, 0.25) is 6.79 Å². The first-order chi connectivity index (χ1) is 9.63. The van der Waals surface area contributed by atoms with Gasteiger partial charge < -0.3 is 14.8 Å². The van der Waals surface area contributed by atoms with Crippen molar-refractivity contribution in [1.82, 2.24) is 0 Å². The summed E-state index contributed by atoms with van der Waals surface area (Å²) < 4.78 is 11.3. The second-order valence-electron chi connectivity index (χ2n) is 4.15. The van der Waals surface area contributed by atoms with Crippen LogP contribution in [-0.4, -0.2) is 12.7 Å². The van der Waals surface area contributed by atoms with Crippen molar-refractivity contribution < 1.29 is 14.3 Å². The number of amides is 1. The zero-order valence-electron chi connectivity index (χ0n) is 10.2. The van der Waals surface area contributed by atoms with Gasteiger partial charge in [0.25, 0.3) is 5.91 Å². The number of hydrogen-bond donors (Lipinski definition) is 1. The number of nitrogens with one attached hydrogen (secondary N) is 1. The second kappa shape index (κ2) is 5.34. The van der Waals surface area contributed by atoms with E-state index in [1.165, 1.54) is 0 Å². The summed E-state index contributed by atoms with van der Waals surface area (Å²) in [6, 6.07) is 10.3. The second-order valence-corrected chi connectivity index (χ2v) is 5.47. The van der Waals surface area contributed by atoms with Gasteiger partial charge in [0.1, 0.15) is 0 Å². The van der Waals surface area contributed by atoms with Crippen molar-refractivity contribution in [2.75, 3.05) is 12.1 Å². The molecular formula is C14H9BrClNO3. The van der Waals surface area contributed by atoms with Crippen molar-refractivity contribution in [1.29, 1.82) is 0 Å². The molecule has 0 saturated heterocycles. The largest absolute Gasteiger partial charge is 0.454 e. The minimum absolute atomic E-state index is 0.180. The van der Waals surface area contributed by atoms with Crippen LogP contribution in [0.3, 0.4) is 0 Å². The maximum absolute atomic E-state index is 12.2. The summed E-state index contributed by atoms with van der Waals surface area (Å²) >= 11 is 9.38. The minimum Gasteiger partial charge on any atom is -0.454 e. The van der Waals surface area contributed by atoms with Crippen LogP contribution in [0.2, 0.25) is 5.02 Å². The Morgan fingerprint density at radius 2 is 1.95 bits per heavy atom. The molecule has 6 heteroatoms. The quantitative estimate of drug-likeness (QED) is 0.884. The molecule has 2 aromatic carbocycles. The van der Waals surface area contributed by atoms with Gasteiger partial charge >= 0.3 is 0 Å². The minimum atomic E-state index is -0.257. The summed E-state index contributed by atoms with van der Waals surface area (Å²) in [5, 5.41) is 3.22. The Bertz CT molecular complexity index is 690. The van der Waals surface area contributed by atoms with E-state index in [-0.39, 0.29) is 12.7 Å². The van der Waals surface area contributed by atoms with Gasteiger partial charge in [0.15, 0.2) is 11.5 Å². The summed E-state index contributed by atoms with van der Waals surface area (Å²) in [6.45, 7) is 0.180. The third kappa shape index (κ3) is 2.59. The summed E-state index contributed by atoms with van der Waals surface area (Å²) in [5.74, 6) is 0.954. The van der Waals surface area contributed by atoms with Crippen molar-refractivity contribution in [3.63, 3.8) is 0 Å². The molecule has 0 saturated carbocycles. The Morgan fingerprint density at radius 1 is 1.15 bits per heavy atom. The molecule has 4 nitrogen and oxygen atoms in total. The van der Waals surface area contributed by atoms with Gasteiger partial charge in [-0.3, -0.25) is 4.79 Å². The van der Waals surface area contributed by atoms with Gasteiger partial charge in [-0.15, -0.1) is 0 Å². The van der Waals surface area contributed by atoms with Crippen LogP contribution in [0.4, 0.5) is 5.69 Å². The summed E-state index contributed by atoms with van der Waals surface area (Å²) in [6.07, 6.45) is 0. The van der Waals surface area contributed by atoms with E-state index in [9.17, 15) is 4.79 Å².